The molecule has 0 radical (unpaired) electrons. The van der Waals surface area contributed by atoms with Crippen LogP contribution in [-0.2, 0) is 4.74 Å². The minimum Gasteiger partial charge on any atom is -0.383 e. The molecule has 1 aliphatic rings. The lowest BCUT2D eigenvalue weighted by Gasteiger charge is -2.32. The maximum Gasteiger partial charge on any atom is 0.261 e. The summed E-state index contributed by atoms with van der Waals surface area (Å²) in [5.41, 5.74) is 1.18. The van der Waals surface area contributed by atoms with E-state index in [2.05, 4.69) is 41.9 Å². The topological polar surface area (TPSA) is 104 Å². The highest BCUT2D eigenvalue weighted by atomic mass is 32.1. The Morgan fingerprint density at radius 1 is 1.18 bits per heavy atom. The van der Waals surface area contributed by atoms with Gasteiger partial charge in [-0.15, -0.1) is 11.3 Å². The third-order valence-corrected chi connectivity index (χ3v) is 7.08. The van der Waals surface area contributed by atoms with Gasteiger partial charge in [0, 0.05) is 51.4 Å². The van der Waals surface area contributed by atoms with E-state index < -0.39 is 0 Å². The van der Waals surface area contributed by atoms with Crippen molar-refractivity contribution in [2.45, 2.75) is 18.8 Å². The van der Waals surface area contributed by atoms with E-state index in [0.29, 0.717) is 19.1 Å². The van der Waals surface area contributed by atoms with E-state index in [9.17, 15) is 4.79 Å². The second-order valence-corrected chi connectivity index (χ2v) is 9.03. The number of rotatable bonds is 10. The van der Waals surface area contributed by atoms with Gasteiger partial charge in [-0.3, -0.25) is 4.79 Å². The van der Waals surface area contributed by atoms with Crippen LogP contribution < -0.4 is 16.0 Å². The van der Waals surface area contributed by atoms with Gasteiger partial charge >= 0.3 is 0 Å². The quantitative estimate of drug-likeness (QED) is 0.390. The molecular formula is C23H31N7O2S. The molecule has 0 atom stereocenters. The number of nitrogens with zero attached hydrogens (tertiary/aromatic N) is 4. The fraction of sp³-hybridized carbons (Fsp3) is 0.478. The largest absolute Gasteiger partial charge is 0.383 e. The van der Waals surface area contributed by atoms with Gasteiger partial charge in [-0.05, 0) is 43.5 Å². The molecular weight excluding hydrogens is 438 g/mol. The van der Waals surface area contributed by atoms with Crippen molar-refractivity contribution in [2.24, 2.45) is 0 Å². The van der Waals surface area contributed by atoms with Crippen LogP contribution in [0.3, 0.4) is 0 Å². The Labute approximate surface area is 198 Å². The van der Waals surface area contributed by atoms with Gasteiger partial charge in [0.25, 0.3) is 5.91 Å². The number of amides is 1. The van der Waals surface area contributed by atoms with Crippen molar-refractivity contribution in [2.75, 3.05) is 64.1 Å². The Morgan fingerprint density at radius 3 is 2.67 bits per heavy atom. The second-order valence-electron chi connectivity index (χ2n) is 8.03. The van der Waals surface area contributed by atoms with E-state index in [4.69, 9.17) is 4.74 Å². The number of piperidine rings is 1. The number of ether oxygens (including phenoxy) is 1. The van der Waals surface area contributed by atoms with Gasteiger partial charge in [-0.2, -0.15) is 0 Å². The molecule has 0 spiro atoms. The molecule has 3 aromatic heterocycles. The Bertz CT molecular complexity index is 1070. The van der Waals surface area contributed by atoms with Crippen molar-refractivity contribution >= 4 is 39.1 Å². The number of thiophene rings is 1. The normalized spacial score (nSPS) is 15.0. The van der Waals surface area contributed by atoms with E-state index in [1.807, 2.05) is 12.1 Å². The first-order chi connectivity index (χ1) is 16.2. The summed E-state index contributed by atoms with van der Waals surface area (Å²) in [6, 6.07) is 5.97. The number of carbonyl (C=O) groups excluding carboxylic acids is 1. The third kappa shape index (κ3) is 5.76. The molecule has 1 fully saturated rings. The van der Waals surface area contributed by atoms with Crippen molar-refractivity contribution < 1.29 is 9.53 Å². The van der Waals surface area contributed by atoms with Crippen molar-refractivity contribution in [3.05, 3.63) is 41.2 Å². The minimum absolute atomic E-state index is 0.0134. The summed E-state index contributed by atoms with van der Waals surface area (Å²) >= 11 is 1.50. The second kappa shape index (κ2) is 11.4. The number of carbonyl (C=O) groups is 1. The lowest BCUT2D eigenvalue weighted by atomic mass is 9.87. The summed E-state index contributed by atoms with van der Waals surface area (Å²) in [6.45, 7) is 5.10. The van der Waals surface area contributed by atoms with Gasteiger partial charge in [0.15, 0.2) is 0 Å². The summed E-state index contributed by atoms with van der Waals surface area (Å²) in [4.78, 5) is 29.8. The SMILES string of the molecule is CNC(=O)c1sc2ncccc2c1C1CCN(CCNc2cc(NCCOC)ncn2)CC1. The minimum atomic E-state index is -0.0134. The smallest absolute Gasteiger partial charge is 0.261 e. The van der Waals surface area contributed by atoms with Crippen molar-refractivity contribution in [3.63, 3.8) is 0 Å². The van der Waals surface area contributed by atoms with Crippen molar-refractivity contribution in [3.8, 4) is 0 Å². The highest BCUT2D eigenvalue weighted by molar-refractivity contribution is 7.20. The predicted octanol–water partition coefficient (Wildman–Crippen LogP) is 2.80. The van der Waals surface area contributed by atoms with Crippen LogP contribution in [0.25, 0.3) is 10.2 Å². The lowest BCUT2D eigenvalue weighted by molar-refractivity contribution is 0.0965. The molecule has 1 amide bonds. The summed E-state index contributed by atoms with van der Waals surface area (Å²) in [5.74, 6) is 1.96. The molecule has 3 aromatic rings. The van der Waals surface area contributed by atoms with E-state index in [1.165, 1.54) is 16.9 Å². The first-order valence-electron chi connectivity index (χ1n) is 11.3. The molecule has 176 valence electrons. The number of hydrogen-bond acceptors (Lipinski definition) is 9. The molecule has 0 unspecified atom stereocenters. The van der Waals surface area contributed by atoms with Crippen LogP contribution in [0.1, 0.15) is 34.0 Å². The Kier molecular flexibility index (Phi) is 8.03. The molecule has 3 N–H and O–H groups in total. The average molecular weight is 470 g/mol. The van der Waals surface area contributed by atoms with Crippen LogP contribution in [0.4, 0.5) is 11.6 Å². The molecule has 33 heavy (non-hydrogen) atoms. The zero-order valence-electron chi connectivity index (χ0n) is 19.1. The Balaban J connectivity index is 1.30. The van der Waals surface area contributed by atoms with Crippen LogP contribution in [0, 0.1) is 0 Å². The molecule has 1 aliphatic heterocycles. The Morgan fingerprint density at radius 2 is 1.94 bits per heavy atom. The van der Waals surface area contributed by atoms with Crippen LogP contribution in [0.15, 0.2) is 30.7 Å². The van der Waals surface area contributed by atoms with Crippen molar-refractivity contribution in [1.29, 1.82) is 0 Å². The molecule has 4 heterocycles. The molecule has 0 saturated carbocycles. The van der Waals surface area contributed by atoms with E-state index in [0.717, 1.165) is 65.8 Å². The first-order valence-corrected chi connectivity index (χ1v) is 12.1. The summed E-state index contributed by atoms with van der Waals surface area (Å²) in [6.07, 6.45) is 5.42. The van der Waals surface area contributed by atoms with Gasteiger partial charge < -0.3 is 25.6 Å². The fourth-order valence-electron chi connectivity index (χ4n) is 4.26. The van der Waals surface area contributed by atoms with E-state index in [1.54, 1.807) is 26.7 Å². The van der Waals surface area contributed by atoms with E-state index >= 15 is 0 Å². The van der Waals surface area contributed by atoms with Gasteiger partial charge in [0.05, 0.1) is 11.5 Å². The first kappa shape index (κ1) is 23.3. The number of aromatic nitrogens is 3. The zero-order chi connectivity index (χ0) is 23.0. The van der Waals surface area contributed by atoms with Crippen LogP contribution >= 0.6 is 11.3 Å². The van der Waals surface area contributed by atoms with Gasteiger partial charge in [-0.25, -0.2) is 15.0 Å². The summed E-state index contributed by atoms with van der Waals surface area (Å²) in [7, 11) is 3.37. The monoisotopic (exact) mass is 469 g/mol. The molecule has 1 saturated heterocycles. The highest BCUT2D eigenvalue weighted by Gasteiger charge is 2.28. The fourth-order valence-corrected chi connectivity index (χ4v) is 5.43. The van der Waals surface area contributed by atoms with E-state index in [-0.39, 0.29) is 5.91 Å². The highest BCUT2D eigenvalue weighted by Crippen LogP contribution is 2.39. The molecule has 0 bridgehead atoms. The van der Waals surface area contributed by atoms with Crippen molar-refractivity contribution in [1.82, 2.24) is 25.2 Å². The maximum atomic E-state index is 12.5. The van der Waals surface area contributed by atoms with Crippen LogP contribution in [-0.4, -0.2) is 79.2 Å². The number of anilines is 2. The number of likely N-dealkylation sites (tertiary alicyclic amines) is 1. The molecule has 9 nitrogen and oxygen atoms in total. The van der Waals surface area contributed by atoms with Crippen LogP contribution in [0.2, 0.25) is 0 Å². The molecule has 4 rings (SSSR count). The van der Waals surface area contributed by atoms with Gasteiger partial charge in [0.2, 0.25) is 0 Å². The van der Waals surface area contributed by atoms with Gasteiger partial charge in [-0.1, -0.05) is 6.07 Å². The average Bonchev–Trinajstić information content (AvgIpc) is 3.24. The number of pyridine rings is 1. The summed E-state index contributed by atoms with van der Waals surface area (Å²) in [5, 5.41) is 10.5. The Hall–Kier alpha value is -2.82. The third-order valence-electron chi connectivity index (χ3n) is 5.95. The summed E-state index contributed by atoms with van der Waals surface area (Å²) < 4.78 is 5.05. The lowest BCUT2D eigenvalue weighted by Crippen LogP contribution is -2.36. The zero-order valence-corrected chi connectivity index (χ0v) is 20.0. The molecule has 0 aromatic carbocycles. The number of hydrogen-bond donors (Lipinski definition) is 3. The van der Waals surface area contributed by atoms with Crippen LogP contribution in [0.5, 0.6) is 0 Å². The number of nitrogens with one attached hydrogen (secondary N) is 3. The predicted molar refractivity (Wildman–Crippen MR) is 132 cm³/mol. The standard InChI is InChI=1S/C23H31N7O2S/c1-24-22(31)21-20(17-4-3-7-27-23(17)33-21)16-5-10-30(11-6-16)12-8-25-18-14-19(29-15-28-18)26-9-13-32-2/h3-4,7,14-16H,5-6,8-13H2,1-2H3,(H,24,31)(H2,25,26,28,29). The van der Waals surface area contributed by atoms with Gasteiger partial charge in [0.1, 0.15) is 22.8 Å². The number of methoxy groups -OCH3 is 1. The maximum absolute atomic E-state index is 12.5. The molecule has 0 aliphatic carbocycles. The molecule has 10 heteroatoms. The number of fused-ring (bicyclic) bond motifs is 1.